The Balaban J connectivity index is 2.07. The quantitative estimate of drug-likeness (QED) is 0.870. The van der Waals surface area contributed by atoms with Crippen LogP contribution < -0.4 is 5.73 Å². The van der Waals surface area contributed by atoms with Crippen LogP contribution in [0.3, 0.4) is 0 Å². The van der Waals surface area contributed by atoms with Crippen molar-refractivity contribution in [2.75, 3.05) is 19.6 Å². The smallest absolute Gasteiger partial charge is 0.263 e. The van der Waals surface area contributed by atoms with Crippen LogP contribution in [0.4, 0.5) is 0 Å². The maximum atomic E-state index is 12.5. The highest BCUT2D eigenvalue weighted by molar-refractivity contribution is 7.14. The van der Waals surface area contributed by atoms with E-state index in [1.54, 1.807) is 0 Å². The fraction of sp³-hybridized carbons (Fsp3) is 0.562. The molecule has 1 aliphatic rings. The number of rotatable bonds is 3. The zero-order chi connectivity index (χ0) is 14.6. The van der Waals surface area contributed by atoms with E-state index in [2.05, 4.69) is 25.7 Å². The maximum absolute atomic E-state index is 12.5. The van der Waals surface area contributed by atoms with Crippen molar-refractivity contribution in [2.24, 2.45) is 11.1 Å². The molecule has 0 unspecified atom stereocenters. The second-order valence-corrected chi connectivity index (χ2v) is 6.44. The Morgan fingerprint density at radius 1 is 1.45 bits per heavy atom. The summed E-state index contributed by atoms with van der Waals surface area (Å²) in [4.78, 5) is 16.2. The number of carbonyl (C=O) groups is 1. The first-order valence-corrected chi connectivity index (χ1v) is 8.04. The molecule has 1 amide bonds. The summed E-state index contributed by atoms with van der Waals surface area (Å²) in [5.74, 6) is 5.95. The lowest BCUT2D eigenvalue weighted by Crippen LogP contribution is -2.31. The van der Waals surface area contributed by atoms with Gasteiger partial charge in [-0.1, -0.05) is 25.7 Å². The molecule has 4 heteroatoms. The van der Waals surface area contributed by atoms with Crippen molar-refractivity contribution in [1.29, 1.82) is 0 Å². The van der Waals surface area contributed by atoms with Gasteiger partial charge in [-0.25, -0.2) is 0 Å². The van der Waals surface area contributed by atoms with Crippen molar-refractivity contribution >= 4 is 17.2 Å². The summed E-state index contributed by atoms with van der Waals surface area (Å²) in [7, 11) is 0. The van der Waals surface area contributed by atoms with E-state index in [1.807, 2.05) is 17.0 Å². The zero-order valence-electron chi connectivity index (χ0n) is 12.2. The first-order valence-electron chi connectivity index (χ1n) is 7.22. The normalized spacial score (nSPS) is 16.9. The van der Waals surface area contributed by atoms with Crippen LogP contribution >= 0.6 is 11.3 Å². The van der Waals surface area contributed by atoms with Crippen LogP contribution in [-0.4, -0.2) is 30.4 Å². The Bertz CT molecular complexity index is 534. The molecule has 1 fully saturated rings. The average molecular weight is 290 g/mol. The number of thiophene rings is 1. The summed E-state index contributed by atoms with van der Waals surface area (Å²) < 4.78 is 0. The molecule has 1 aliphatic heterocycles. The summed E-state index contributed by atoms with van der Waals surface area (Å²) in [6.07, 6.45) is 3.41. The van der Waals surface area contributed by atoms with E-state index in [0.717, 1.165) is 42.1 Å². The molecule has 0 saturated carbocycles. The van der Waals surface area contributed by atoms with Gasteiger partial charge in [0.2, 0.25) is 0 Å². The summed E-state index contributed by atoms with van der Waals surface area (Å²) in [5.41, 5.74) is 5.69. The summed E-state index contributed by atoms with van der Waals surface area (Å²) in [6, 6.07) is 3.79. The lowest BCUT2D eigenvalue weighted by atomic mass is 9.82. The van der Waals surface area contributed by atoms with Gasteiger partial charge in [0.25, 0.3) is 5.91 Å². The minimum absolute atomic E-state index is 0.152. The third-order valence-electron chi connectivity index (χ3n) is 4.36. The van der Waals surface area contributed by atoms with Crippen LogP contribution in [0.1, 0.15) is 47.7 Å². The first kappa shape index (κ1) is 15.1. The fourth-order valence-corrected chi connectivity index (χ4v) is 3.60. The van der Waals surface area contributed by atoms with E-state index < -0.39 is 0 Å². The summed E-state index contributed by atoms with van der Waals surface area (Å²) in [5, 5.41) is 0. The van der Waals surface area contributed by atoms with Gasteiger partial charge in [0.15, 0.2) is 0 Å². The van der Waals surface area contributed by atoms with E-state index in [-0.39, 0.29) is 5.91 Å². The highest BCUT2D eigenvalue weighted by atomic mass is 32.1. The lowest BCUT2D eigenvalue weighted by Gasteiger charge is -2.26. The maximum Gasteiger partial charge on any atom is 0.263 e. The van der Waals surface area contributed by atoms with Gasteiger partial charge in [-0.2, -0.15) is 0 Å². The first-order chi connectivity index (χ1) is 9.64. The van der Waals surface area contributed by atoms with Crippen molar-refractivity contribution in [1.82, 2.24) is 4.90 Å². The van der Waals surface area contributed by atoms with E-state index in [4.69, 9.17) is 5.73 Å². The van der Waals surface area contributed by atoms with Crippen LogP contribution in [0, 0.1) is 17.3 Å². The standard InChI is InChI=1S/C16H22N2OS/c1-3-16(4-2)9-11-18(12-16)15(19)14-8-7-13(20-14)6-5-10-17/h7-8H,3-4,9-12,17H2,1-2H3. The molecule has 2 N–H and O–H groups in total. The van der Waals surface area contributed by atoms with Gasteiger partial charge < -0.3 is 10.6 Å². The molecule has 0 aromatic carbocycles. The Labute approximate surface area is 125 Å². The molecular formula is C16H22N2OS. The van der Waals surface area contributed by atoms with E-state index in [0.29, 0.717) is 12.0 Å². The molecule has 0 bridgehead atoms. The Kier molecular flexibility index (Phi) is 4.85. The molecule has 108 valence electrons. The minimum atomic E-state index is 0.152. The predicted octanol–water partition coefficient (Wildman–Crippen LogP) is 2.71. The Hall–Kier alpha value is -1.31. The number of nitrogens with two attached hydrogens (primary N) is 1. The van der Waals surface area contributed by atoms with E-state index in [9.17, 15) is 4.79 Å². The van der Waals surface area contributed by atoms with E-state index in [1.165, 1.54) is 11.3 Å². The van der Waals surface area contributed by atoms with Crippen LogP contribution in [0.2, 0.25) is 0 Å². The van der Waals surface area contributed by atoms with Crippen molar-refractivity contribution in [3.63, 3.8) is 0 Å². The molecule has 1 aromatic heterocycles. The molecule has 0 aliphatic carbocycles. The molecule has 0 radical (unpaired) electrons. The highest BCUT2D eigenvalue weighted by Crippen LogP contribution is 2.37. The largest absolute Gasteiger partial charge is 0.337 e. The number of nitrogens with zero attached hydrogens (tertiary/aromatic N) is 1. The number of likely N-dealkylation sites (tertiary alicyclic amines) is 1. The summed E-state index contributed by atoms with van der Waals surface area (Å²) >= 11 is 1.46. The molecule has 0 atom stereocenters. The molecular weight excluding hydrogens is 268 g/mol. The van der Waals surface area contributed by atoms with Gasteiger partial charge in [0.05, 0.1) is 16.3 Å². The number of hydrogen-bond donors (Lipinski definition) is 1. The number of carbonyl (C=O) groups excluding carboxylic acids is 1. The topological polar surface area (TPSA) is 46.3 Å². The van der Waals surface area contributed by atoms with Gasteiger partial charge in [-0.05, 0) is 36.8 Å². The van der Waals surface area contributed by atoms with Gasteiger partial charge in [-0.3, -0.25) is 4.79 Å². The van der Waals surface area contributed by atoms with E-state index >= 15 is 0 Å². The van der Waals surface area contributed by atoms with Crippen molar-refractivity contribution in [3.05, 3.63) is 21.9 Å². The second-order valence-electron chi connectivity index (χ2n) is 5.35. The SMILES string of the molecule is CCC1(CC)CCN(C(=O)c2ccc(C#CCN)s2)C1. The second kappa shape index (κ2) is 6.43. The van der Waals surface area contributed by atoms with Crippen molar-refractivity contribution in [3.8, 4) is 11.8 Å². The van der Waals surface area contributed by atoms with Crippen LogP contribution in [0.5, 0.6) is 0 Å². The fourth-order valence-electron chi connectivity index (χ4n) is 2.75. The average Bonchev–Trinajstić information content (AvgIpc) is 3.12. The van der Waals surface area contributed by atoms with Crippen molar-refractivity contribution < 1.29 is 4.79 Å². The molecule has 2 rings (SSSR count). The Morgan fingerprint density at radius 2 is 2.20 bits per heavy atom. The monoisotopic (exact) mass is 290 g/mol. The van der Waals surface area contributed by atoms with Crippen LogP contribution in [0.15, 0.2) is 12.1 Å². The van der Waals surface area contributed by atoms with Gasteiger partial charge in [-0.15, -0.1) is 11.3 Å². The van der Waals surface area contributed by atoms with Crippen molar-refractivity contribution in [2.45, 2.75) is 33.1 Å². The predicted molar refractivity (Wildman–Crippen MR) is 83.8 cm³/mol. The molecule has 20 heavy (non-hydrogen) atoms. The lowest BCUT2D eigenvalue weighted by molar-refractivity contribution is 0.0774. The third-order valence-corrected chi connectivity index (χ3v) is 5.34. The molecule has 3 nitrogen and oxygen atoms in total. The molecule has 0 spiro atoms. The van der Waals surface area contributed by atoms with Crippen LogP contribution in [-0.2, 0) is 0 Å². The van der Waals surface area contributed by atoms with Gasteiger partial charge in [0.1, 0.15) is 0 Å². The highest BCUT2D eigenvalue weighted by Gasteiger charge is 2.37. The molecule has 2 heterocycles. The Morgan fingerprint density at radius 3 is 2.80 bits per heavy atom. The van der Waals surface area contributed by atoms with Gasteiger partial charge in [0, 0.05) is 13.1 Å². The number of hydrogen-bond acceptors (Lipinski definition) is 3. The summed E-state index contributed by atoms with van der Waals surface area (Å²) in [6.45, 7) is 6.57. The molecule has 1 saturated heterocycles. The number of amides is 1. The molecule has 1 aromatic rings. The van der Waals surface area contributed by atoms with Gasteiger partial charge >= 0.3 is 0 Å². The third kappa shape index (κ3) is 3.05. The van der Waals surface area contributed by atoms with Crippen LogP contribution in [0.25, 0.3) is 0 Å². The minimum Gasteiger partial charge on any atom is -0.337 e. The zero-order valence-corrected chi connectivity index (χ0v) is 13.1.